The molecule has 0 radical (unpaired) electrons. The summed E-state index contributed by atoms with van der Waals surface area (Å²) < 4.78 is 26.0. The monoisotopic (exact) mass is 291 g/mol. The zero-order valence-electron chi connectivity index (χ0n) is 11.7. The van der Waals surface area contributed by atoms with Gasteiger partial charge in [-0.05, 0) is 38.1 Å². The van der Waals surface area contributed by atoms with E-state index >= 15 is 0 Å². The minimum atomic E-state index is -0.938. The normalized spacial score (nSPS) is 10.5. The van der Waals surface area contributed by atoms with Gasteiger partial charge in [-0.25, -0.2) is 8.78 Å². The summed E-state index contributed by atoms with van der Waals surface area (Å²) in [5, 5.41) is 5.62. The summed E-state index contributed by atoms with van der Waals surface area (Å²) in [5.74, 6) is -2.14. The van der Waals surface area contributed by atoms with Crippen molar-refractivity contribution in [1.82, 2.24) is 10.3 Å². The van der Waals surface area contributed by atoms with E-state index in [2.05, 4.69) is 15.6 Å². The number of amides is 1. The number of pyridine rings is 1. The Hall–Kier alpha value is -2.50. The van der Waals surface area contributed by atoms with Crippen molar-refractivity contribution in [2.24, 2.45) is 0 Å². The molecule has 0 unspecified atom stereocenters. The molecule has 4 nitrogen and oxygen atoms in total. The smallest absolute Gasteiger partial charge is 0.270 e. The third kappa shape index (κ3) is 3.98. The number of rotatable bonds is 4. The molecule has 2 aromatic rings. The van der Waals surface area contributed by atoms with E-state index in [-0.39, 0.29) is 17.6 Å². The maximum Gasteiger partial charge on any atom is 0.270 e. The van der Waals surface area contributed by atoms with Gasteiger partial charge in [0.05, 0.1) is 0 Å². The van der Waals surface area contributed by atoms with E-state index in [1.54, 1.807) is 12.1 Å². The zero-order valence-corrected chi connectivity index (χ0v) is 11.7. The predicted octanol–water partition coefficient (Wildman–Crippen LogP) is 3.24. The summed E-state index contributed by atoms with van der Waals surface area (Å²) in [6.45, 7) is 3.70. The van der Waals surface area contributed by atoms with Gasteiger partial charge in [-0.2, -0.15) is 0 Å². The molecule has 0 saturated heterocycles. The van der Waals surface area contributed by atoms with Gasteiger partial charge < -0.3 is 10.6 Å². The van der Waals surface area contributed by atoms with Gasteiger partial charge in [0, 0.05) is 29.7 Å². The molecule has 0 aliphatic rings. The van der Waals surface area contributed by atoms with Gasteiger partial charge in [-0.3, -0.25) is 9.78 Å². The van der Waals surface area contributed by atoms with Crippen LogP contribution in [0.15, 0.2) is 36.5 Å². The maximum atomic E-state index is 13.1. The molecule has 0 fully saturated rings. The van der Waals surface area contributed by atoms with Gasteiger partial charge in [-0.15, -0.1) is 0 Å². The molecule has 1 amide bonds. The highest BCUT2D eigenvalue weighted by Gasteiger charge is 2.09. The molecule has 0 atom stereocenters. The molecule has 0 spiro atoms. The Bertz CT molecular complexity index is 659. The van der Waals surface area contributed by atoms with E-state index in [9.17, 15) is 13.6 Å². The van der Waals surface area contributed by atoms with Gasteiger partial charge in [-0.1, -0.05) is 0 Å². The van der Waals surface area contributed by atoms with Crippen LogP contribution in [0.3, 0.4) is 0 Å². The van der Waals surface area contributed by atoms with Crippen LogP contribution in [0.2, 0.25) is 0 Å². The molecule has 21 heavy (non-hydrogen) atoms. The fourth-order valence-electron chi connectivity index (χ4n) is 1.71. The Kier molecular flexibility index (Phi) is 4.47. The molecule has 1 aromatic carbocycles. The largest absolute Gasteiger partial charge is 0.355 e. The third-order valence-electron chi connectivity index (χ3n) is 2.62. The number of carbonyl (C=O) groups is 1. The summed E-state index contributed by atoms with van der Waals surface area (Å²) >= 11 is 0. The molecular formula is C15H15F2N3O. The van der Waals surface area contributed by atoms with Crippen LogP contribution in [0.4, 0.5) is 20.2 Å². The first kappa shape index (κ1) is 14.9. The lowest BCUT2D eigenvalue weighted by Crippen LogP contribution is -2.30. The van der Waals surface area contributed by atoms with Crippen LogP contribution in [-0.2, 0) is 0 Å². The molecule has 0 aliphatic heterocycles. The number of nitrogens with one attached hydrogen (secondary N) is 2. The molecule has 0 bridgehead atoms. The maximum absolute atomic E-state index is 13.1. The molecule has 2 N–H and O–H groups in total. The van der Waals surface area contributed by atoms with E-state index in [0.717, 1.165) is 12.1 Å². The molecule has 1 aromatic heterocycles. The van der Waals surface area contributed by atoms with Crippen molar-refractivity contribution in [3.63, 3.8) is 0 Å². The fraction of sp³-hybridized carbons (Fsp3) is 0.200. The second kappa shape index (κ2) is 6.30. The SMILES string of the molecule is CC(C)NC(=O)c1cc(Nc2ccc(F)c(F)c2)ccn1. The van der Waals surface area contributed by atoms with Crippen molar-refractivity contribution in [3.05, 3.63) is 53.9 Å². The average Bonchev–Trinajstić information content (AvgIpc) is 2.42. The Morgan fingerprint density at radius 2 is 1.81 bits per heavy atom. The first-order valence-corrected chi connectivity index (χ1v) is 6.44. The van der Waals surface area contributed by atoms with Crippen LogP contribution >= 0.6 is 0 Å². The highest BCUT2D eigenvalue weighted by molar-refractivity contribution is 5.93. The Balaban J connectivity index is 2.17. The predicted molar refractivity (Wildman–Crippen MR) is 76.5 cm³/mol. The number of benzene rings is 1. The number of anilines is 2. The second-order valence-corrected chi connectivity index (χ2v) is 4.81. The molecule has 1 heterocycles. The third-order valence-corrected chi connectivity index (χ3v) is 2.62. The van der Waals surface area contributed by atoms with Crippen LogP contribution in [0, 0.1) is 11.6 Å². The van der Waals surface area contributed by atoms with E-state index in [1.807, 2.05) is 13.8 Å². The quantitative estimate of drug-likeness (QED) is 0.909. The average molecular weight is 291 g/mol. The van der Waals surface area contributed by atoms with Crippen LogP contribution in [0.25, 0.3) is 0 Å². The summed E-state index contributed by atoms with van der Waals surface area (Å²) in [4.78, 5) is 15.8. The highest BCUT2D eigenvalue weighted by Crippen LogP contribution is 2.19. The van der Waals surface area contributed by atoms with Crippen molar-refractivity contribution in [1.29, 1.82) is 0 Å². The molecule has 6 heteroatoms. The van der Waals surface area contributed by atoms with Crippen LogP contribution in [0.1, 0.15) is 24.3 Å². The summed E-state index contributed by atoms with van der Waals surface area (Å²) in [5.41, 5.74) is 1.19. The minimum Gasteiger partial charge on any atom is -0.355 e. The van der Waals surface area contributed by atoms with Crippen LogP contribution in [0.5, 0.6) is 0 Å². The van der Waals surface area contributed by atoms with E-state index in [0.29, 0.717) is 11.4 Å². The van der Waals surface area contributed by atoms with Gasteiger partial charge in [0.1, 0.15) is 5.69 Å². The van der Waals surface area contributed by atoms with Gasteiger partial charge in [0.15, 0.2) is 11.6 Å². The lowest BCUT2D eigenvalue weighted by atomic mass is 10.2. The molecule has 0 aliphatic carbocycles. The standard InChI is InChI=1S/C15H15F2N3O/c1-9(2)19-15(21)14-8-11(5-6-18-14)20-10-3-4-12(16)13(17)7-10/h3-9H,1-2H3,(H,18,20)(H,19,21). The number of nitrogens with zero attached hydrogens (tertiary/aromatic N) is 1. The zero-order chi connectivity index (χ0) is 15.4. The number of carbonyl (C=O) groups excluding carboxylic acids is 1. The minimum absolute atomic E-state index is 0.00195. The van der Waals surface area contributed by atoms with Gasteiger partial charge >= 0.3 is 0 Å². The lowest BCUT2D eigenvalue weighted by molar-refractivity contribution is 0.0938. The van der Waals surface area contributed by atoms with Crippen molar-refractivity contribution >= 4 is 17.3 Å². The van der Waals surface area contributed by atoms with Crippen molar-refractivity contribution in [2.75, 3.05) is 5.32 Å². The van der Waals surface area contributed by atoms with Gasteiger partial charge in [0.25, 0.3) is 5.91 Å². The molecular weight excluding hydrogens is 276 g/mol. The molecule has 0 saturated carbocycles. The van der Waals surface area contributed by atoms with Crippen molar-refractivity contribution in [2.45, 2.75) is 19.9 Å². The Labute approximate surface area is 121 Å². The number of halogens is 2. The topological polar surface area (TPSA) is 54.0 Å². The first-order chi connectivity index (χ1) is 9.95. The molecule has 2 rings (SSSR count). The number of hydrogen-bond acceptors (Lipinski definition) is 3. The van der Waals surface area contributed by atoms with Gasteiger partial charge in [0.2, 0.25) is 0 Å². The Morgan fingerprint density at radius 1 is 1.10 bits per heavy atom. The lowest BCUT2D eigenvalue weighted by Gasteiger charge is -2.10. The highest BCUT2D eigenvalue weighted by atomic mass is 19.2. The van der Waals surface area contributed by atoms with Crippen molar-refractivity contribution < 1.29 is 13.6 Å². The van der Waals surface area contributed by atoms with Crippen LogP contribution < -0.4 is 10.6 Å². The first-order valence-electron chi connectivity index (χ1n) is 6.44. The summed E-state index contributed by atoms with van der Waals surface area (Å²) in [6.07, 6.45) is 1.47. The van der Waals surface area contributed by atoms with E-state index in [1.165, 1.54) is 12.3 Å². The summed E-state index contributed by atoms with van der Waals surface area (Å²) in [6, 6.07) is 6.66. The van der Waals surface area contributed by atoms with E-state index < -0.39 is 11.6 Å². The van der Waals surface area contributed by atoms with Crippen molar-refractivity contribution in [3.8, 4) is 0 Å². The Morgan fingerprint density at radius 3 is 2.48 bits per heavy atom. The molecule has 110 valence electrons. The second-order valence-electron chi connectivity index (χ2n) is 4.81. The fourth-order valence-corrected chi connectivity index (χ4v) is 1.71. The van der Waals surface area contributed by atoms with E-state index in [4.69, 9.17) is 0 Å². The van der Waals surface area contributed by atoms with Crippen LogP contribution in [-0.4, -0.2) is 16.9 Å². The summed E-state index contributed by atoms with van der Waals surface area (Å²) in [7, 11) is 0. The number of hydrogen-bond donors (Lipinski definition) is 2. The number of aromatic nitrogens is 1.